The molecule has 1 atom stereocenters. The van der Waals surface area contributed by atoms with Crippen molar-refractivity contribution < 1.29 is 4.79 Å². The van der Waals surface area contributed by atoms with E-state index in [4.69, 9.17) is 5.73 Å². The van der Waals surface area contributed by atoms with Gasteiger partial charge in [-0.3, -0.25) is 9.69 Å². The average molecular weight is 320 g/mol. The van der Waals surface area contributed by atoms with E-state index >= 15 is 0 Å². The SMILES string of the molecule is NC(=O)C1(C(c2ccccc2)c2ccccc2)CC2CCN1CC2. The molecule has 24 heavy (non-hydrogen) atoms. The van der Waals surface area contributed by atoms with Gasteiger partial charge in [0.1, 0.15) is 5.54 Å². The molecule has 3 fully saturated rings. The van der Waals surface area contributed by atoms with Gasteiger partial charge in [0, 0.05) is 5.92 Å². The van der Waals surface area contributed by atoms with Crippen LogP contribution in [0.15, 0.2) is 60.7 Å². The normalized spacial score (nSPS) is 28.9. The van der Waals surface area contributed by atoms with Crippen molar-refractivity contribution in [1.82, 2.24) is 4.90 Å². The molecule has 1 amide bonds. The quantitative estimate of drug-likeness (QED) is 0.940. The Hall–Kier alpha value is -2.13. The van der Waals surface area contributed by atoms with E-state index in [9.17, 15) is 4.79 Å². The largest absolute Gasteiger partial charge is 0.368 e. The van der Waals surface area contributed by atoms with Gasteiger partial charge in [-0.25, -0.2) is 0 Å². The van der Waals surface area contributed by atoms with Crippen LogP contribution in [-0.4, -0.2) is 29.4 Å². The highest BCUT2D eigenvalue weighted by molar-refractivity contribution is 5.87. The Morgan fingerprint density at radius 2 is 1.46 bits per heavy atom. The minimum atomic E-state index is -0.607. The summed E-state index contributed by atoms with van der Waals surface area (Å²) in [5.41, 5.74) is 7.83. The number of piperidine rings is 3. The number of carbonyl (C=O) groups is 1. The van der Waals surface area contributed by atoms with Crippen LogP contribution in [0.1, 0.15) is 36.3 Å². The minimum Gasteiger partial charge on any atom is -0.368 e. The molecule has 3 saturated heterocycles. The van der Waals surface area contributed by atoms with E-state index in [0.717, 1.165) is 19.5 Å². The third-order valence-corrected chi connectivity index (χ3v) is 5.95. The summed E-state index contributed by atoms with van der Waals surface area (Å²) < 4.78 is 0. The molecule has 5 rings (SSSR count). The Labute approximate surface area is 143 Å². The van der Waals surface area contributed by atoms with Crippen molar-refractivity contribution >= 4 is 5.91 Å². The third kappa shape index (κ3) is 2.35. The van der Waals surface area contributed by atoms with Gasteiger partial charge in [0.15, 0.2) is 0 Å². The highest BCUT2D eigenvalue weighted by Crippen LogP contribution is 2.49. The number of hydrogen-bond donors (Lipinski definition) is 1. The molecule has 2 aromatic carbocycles. The van der Waals surface area contributed by atoms with Crippen LogP contribution < -0.4 is 5.73 Å². The fourth-order valence-corrected chi connectivity index (χ4v) is 4.84. The topological polar surface area (TPSA) is 46.3 Å². The first-order chi connectivity index (χ1) is 11.7. The number of carbonyl (C=O) groups excluding carboxylic acids is 1. The third-order valence-electron chi connectivity index (χ3n) is 5.95. The van der Waals surface area contributed by atoms with Gasteiger partial charge < -0.3 is 5.73 Å². The first-order valence-electron chi connectivity index (χ1n) is 8.86. The maximum Gasteiger partial charge on any atom is 0.238 e. The summed E-state index contributed by atoms with van der Waals surface area (Å²) in [6.07, 6.45) is 3.24. The minimum absolute atomic E-state index is 0.0134. The van der Waals surface area contributed by atoms with Crippen molar-refractivity contribution in [3.05, 3.63) is 71.8 Å². The van der Waals surface area contributed by atoms with E-state index in [-0.39, 0.29) is 11.8 Å². The molecule has 0 spiro atoms. The van der Waals surface area contributed by atoms with Crippen LogP contribution in [0.25, 0.3) is 0 Å². The summed E-state index contributed by atoms with van der Waals surface area (Å²) in [5.74, 6) is 0.419. The van der Waals surface area contributed by atoms with E-state index in [2.05, 4.69) is 53.4 Å². The van der Waals surface area contributed by atoms with Gasteiger partial charge in [0.25, 0.3) is 0 Å². The van der Waals surface area contributed by atoms with Crippen LogP contribution in [0.4, 0.5) is 0 Å². The zero-order chi connectivity index (χ0) is 16.6. The fraction of sp³-hybridized carbons (Fsp3) is 0.381. The Bertz CT molecular complexity index is 668. The van der Waals surface area contributed by atoms with Crippen molar-refractivity contribution in [2.45, 2.75) is 30.7 Å². The van der Waals surface area contributed by atoms with E-state index in [1.807, 2.05) is 12.1 Å². The number of amides is 1. The maximum absolute atomic E-state index is 12.8. The molecule has 2 bridgehead atoms. The lowest BCUT2D eigenvalue weighted by Gasteiger charge is -2.56. The summed E-state index contributed by atoms with van der Waals surface area (Å²) in [7, 11) is 0. The van der Waals surface area contributed by atoms with Gasteiger partial charge >= 0.3 is 0 Å². The van der Waals surface area contributed by atoms with E-state index in [1.165, 1.54) is 24.0 Å². The first-order valence-corrected chi connectivity index (χ1v) is 8.86. The Balaban J connectivity index is 1.90. The van der Waals surface area contributed by atoms with Gasteiger partial charge in [0.05, 0.1) is 0 Å². The zero-order valence-electron chi connectivity index (χ0n) is 13.9. The van der Waals surface area contributed by atoms with E-state index in [0.29, 0.717) is 5.92 Å². The molecule has 3 nitrogen and oxygen atoms in total. The molecule has 3 aliphatic rings. The fourth-order valence-electron chi connectivity index (χ4n) is 4.84. The summed E-state index contributed by atoms with van der Waals surface area (Å²) >= 11 is 0. The highest BCUT2D eigenvalue weighted by atomic mass is 16.1. The van der Waals surface area contributed by atoms with Crippen molar-refractivity contribution in [2.75, 3.05) is 13.1 Å². The molecule has 0 aliphatic carbocycles. The second kappa shape index (κ2) is 6.06. The lowest BCUT2D eigenvalue weighted by molar-refractivity contribution is -0.140. The zero-order valence-corrected chi connectivity index (χ0v) is 13.9. The summed E-state index contributed by atoms with van der Waals surface area (Å²) in [5, 5.41) is 0. The molecule has 2 aromatic rings. The lowest BCUT2D eigenvalue weighted by Crippen LogP contribution is -2.67. The van der Waals surface area contributed by atoms with Gasteiger partial charge in [-0.15, -0.1) is 0 Å². The molecular formula is C21H24N2O. The molecular weight excluding hydrogens is 296 g/mol. The summed E-state index contributed by atoms with van der Waals surface area (Å²) in [4.78, 5) is 15.2. The number of nitrogens with two attached hydrogens (primary N) is 1. The van der Waals surface area contributed by atoms with Crippen LogP contribution in [0.3, 0.4) is 0 Å². The Morgan fingerprint density at radius 3 is 1.83 bits per heavy atom. The average Bonchev–Trinajstić information content (AvgIpc) is 2.64. The van der Waals surface area contributed by atoms with Gasteiger partial charge in [-0.05, 0) is 49.4 Å². The molecule has 3 heterocycles. The van der Waals surface area contributed by atoms with Gasteiger partial charge in [0.2, 0.25) is 5.91 Å². The first kappa shape index (κ1) is 15.4. The predicted molar refractivity (Wildman–Crippen MR) is 95.6 cm³/mol. The molecule has 0 aromatic heterocycles. The predicted octanol–water partition coefficient (Wildman–Crippen LogP) is 3.16. The molecule has 124 valence electrons. The monoisotopic (exact) mass is 320 g/mol. The molecule has 3 heteroatoms. The highest BCUT2D eigenvalue weighted by Gasteiger charge is 2.55. The van der Waals surface area contributed by atoms with Crippen molar-refractivity contribution in [1.29, 1.82) is 0 Å². The number of nitrogens with zero attached hydrogens (tertiary/aromatic N) is 1. The molecule has 3 aliphatic heterocycles. The molecule has 0 radical (unpaired) electrons. The van der Waals surface area contributed by atoms with Crippen LogP contribution >= 0.6 is 0 Å². The molecule has 0 saturated carbocycles. The van der Waals surface area contributed by atoms with Crippen molar-refractivity contribution in [2.24, 2.45) is 11.7 Å². The van der Waals surface area contributed by atoms with Crippen LogP contribution in [0, 0.1) is 5.92 Å². The number of hydrogen-bond acceptors (Lipinski definition) is 2. The summed E-state index contributed by atoms with van der Waals surface area (Å²) in [6.45, 7) is 1.95. The molecule has 2 N–H and O–H groups in total. The smallest absolute Gasteiger partial charge is 0.238 e. The second-order valence-electron chi connectivity index (χ2n) is 7.18. The number of rotatable bonds is 4. The van der Waals surface area contributed by atoms with Crippen LogP contribution in [-0.2, 0) is 4.79 Å². The van der Waals surface area contributed by atoms with E-state index < -0.39 is 5.54 Å². The van der Waals surface area contributed by atoms with Crippen molar-refractivity contribution in [3.8, 4) is 0 Å². The summed E-state index contributed by atoms with van der Waals surface area (Å²) in [6, 6.07) is 20.8. The number of fused-ring (bicyclic) bond motifs is 3. The Morgan fingerprint density at radius 1 is 0.958 bits per heavy atom. The maximum atomic E-state index is 12.8. The number of primary amides is 1. The molecule has 1 unspecified atom stereocenters. The van der Waals surface area contributed by atoms with Gasteiger partial charge in [-0.2, -0.15) is 0 Å². The Kier molecular flexibility index (Phi) is 3.89. The number of benzene rings is 2. The lowest BCUT2D eigenvalue weighted by atomic mass is 9.64. The van der Waals surface area contributed by atoms with Crippen molar-refractivity contribution in [3.63, 3.8) is 0 Å². The van der Waals surface area contributed by atoms with Gasteiger partial charge in [-0.1, -0.05) is 60.7 Å². The van der Waals surface area contributed by atoms with E-state index in [1.54, 1.807) is 0 Å². The second-order valence-corrected chi connectivity index (χ2v) is 7.18. The standard InChI is InChI=1S/C21H24N2O/c22-20(24)21(15-16-11-13-23(21)14-12-16)19(17-7-3-1-4-8-17)18-9-5-2-6-10-18/h1-10,16,19H,11-15H2,(H2,22,24). The van der Waals surface area contributed by atoms with Crippen LogP contribution in [0.5, 0.6) is 0 Å². The van der Waals surface area contributed by atoms with Crippen LogP contribution in [0.2, 0.25) is 0 Å².